The first-order valence-electron chi connectivity index (χ1n) is 6.83. The average Bonchev–Trinajstić information content (AvgIpc) is 2.57. The van der Waals surface area contributed by atoms with Crippen LogP contribution in [0.15, 0.2) is 36.5 Å². The average molecular weight is 318 g/mol. The number of hydrogen-bond donors (Lipinski definition) is 1. The van der Waals surface area contributed by atoms with Gasteiger partial charge in [-0.25, -0.2) is 9.18 Å². The Bertz CT molecular complexity index is 717. The summed E-state index contributed by atoms with van der Waals surface area (Å²) >= 11 is 0. The predicted octanol–water partition coefficient (Wildman–Crippen LogP) is 2.66. The third-order valence-corrected chi connectivity index (χ3v) is 2.91. The fourth-order valence-corrected chi connectivity index (χ4v) is 1.83. The summed E-state index contributed by atoms with van der Waals surface area (Å²) in [6.07, 6.45) is 1.24. The van der Waals surface area contributed by atoms with Gasteiger partial charge in [-0.2, -0.15) is 0 Å². The first-order chi connectivity index (χ1) is 11.0. The van der Waals surface area contributed by atoms with Crippen molar-refractivity contribution in [1.29, 1.82) is 0 Å². The standard InChI is InChI=1S/C16H15FN2O4/c1-3-23-14-8-11(17)5-7-12(14)19-15(20)13-6-4-10(9-18-13)16(21)22-2/h4-9H,3H2,1-2H3,(H,19,20). The first-order valence-corrected chi connectivity index (χ1v) is 6.83. The second kappa shape index (κ2) is 7.35. The molecule has 0 fully saturated rings. The zero-order chi connectivity index (χ0) is 16.8. The summed E-state index contributed by atoms with van der Waals surface area (Å²) in [5, 5.41) is 2.59. The number of anilines is 1. The van der Waals surface area contributed by atoms with Gasteiger partial charge in [0, 0.05) is 12.3 Å². The number of esters is 1. The minimum absolute atomic E-state index is 0.101. The molecule has 0 spiro atoms. The van der Waals surface area contributed by atoms with E-state index in [0.29, 0.717) is 12.3 Å². The van der Waals surface area contributed by atoms with Crippen molar-refractivity contribution in [1.82, 2.24) is 4.98 Å². The maximum absolute atomic E-state index is 13.2. The number of hydrogen-bond acceptors (Lipinski definition) is 5. The maximum atomic E-state index is 13.2. The molecule has 7 heteroatoms. The number of ether oxygens (including phenoxy) is 2. The summed E-state index contributed by atoms with van der Waals surface area (Å²) < 4.78 is 23.1. The van der Waals surface area contributed by atoms with Crippen LogP contribution < -0.4 is 10.1 Å². The molecule has 2 aromatic rings. The van der Waals surface area contributed by atoms with E-state index in [4.69, 9.17) is 4.74 Å². The van der Waals surface area contributed by atoms with Crippen molar-refractivity contribution < 1.29 is 23.5 Å². The van der Waals surface area contributed by atoms with Gasteiger partial charge in [-0.3, -0.25) is 9.78 Å². The summed E-state index contributed by atoms with van der Waals surface area (Å²) in [6, 6.07) is 6.63. The van der Waals surface area contributed by atoms with Crippen LogP contribution in [0.25, 0.3) is 0 Å². The second-order valence-electron chi connectivity index (χ2n) is 4.45. The molecule has 0 aliphatic carbocycles. The van der Waals surface area contributed by atoms with Crippen LogP contribution in [0, 0.1) is 5.82 Å². The highest BCUT2D eigenvalue weighted by Gasteiger charge is 2.13. The number of nitrogens with one attached hydrogen (secondary N) is 1. The van der Waals surface area contributed by atoms with Gasteiger partial charge >= 0.3 is 5.97 Å². The van der Waals surface area contributed by atoms with Crippen molar-refractivity contribution in [3.05, 3.63) is 53.6 Å². The highest BCUT2D eigenvalue weighted by atomic mass is 19.1. The fourth-order valence-electron chi connectivity index (χ4n) is 1.83. The Hall–Kier alpha value is -2.96. The molecule has 1 heterocycles. The Kier molecular flexibility index (Phi) is 5.24. The van der Waals surface area contributed by atoms with Crippen molar-refractivity contribution in [2.24, 2.45) is 0 Å². The van der Waals surface area contributed by atoms with Crippen LogP contribution in [0.4, 0.5) is 10.1 Å². The lowest BCUT2D eigenvalue weighted by Gasteiger charge is -2.11. The molecule has 1 N–H and O–H groups in total. The lowest BCUT2D eigenvalue weighted by atomic mass is 10.2. The normalized spacial score (nSPS) is 10.0. The van der Waals surface area contributed by atoms with Crippen molar-refractivity contribution in [2.45, 2.75) is 6.92 Å². The van der Waals surface area contributed by atoms with Crippen LogP contribution in [-0.2, 0) is 4.74 Å². The lowest BCUT2D eigenvalue weighted by Crippen LogP contribution is -2.15. The van der Waals surface area contributed by atoms with Gasteiger partial charge in [-0.05, 0) is 31.2 Å². The topological polar surface area (TPSA) is 77.5 Å². The predicted molar refractivity (Wildman–Crippen MR) is 81.1 cm³/mol. The number of benzene rings is 1. The van der Waals surface area contributed by atoms with Crippen LogP contribution in [0.2, 0.25) is 0 Å². The van der Waals surface area contributed by atoms with Crippen molar-refractivity contribution in [2.75, 3.05) is 19.0 Å². The SMILES string of the molecule is CCOc1cc(F)ccc1NC(=O)c1ccc(C(=O)OC)cn1. The van der Waals surface area contributed by atoms with Gasteiger partial charge in [0.2, 0.25) is 0 Å². The molecule has 0 aliphatic rings. The van der Waals surface area contributed by atoms with E-state index in [2.05, 4.69) is 15.0 Å². The summed E-state index contributed by atoms with van der Waals surface area (Å²) in [7, 11) is 1.26. The smallest absolute Gasteiger partial charge is 0.339 e. The number of nitrogens with zero attached hydrogens (tertiary/aromatic N) is 1. The summed E-state index contributed by atoms with van der Waals surface area (Å²) in [6.45, 7) is 2.09. The summed E-state index contributed by atoms with van der Waals surface area (Å²) in [5.41, 5.74) is 0.669. The van der Waals surface area contributed by atoms with E-state index >= 15 is 0 Å². The van der Waals surface area contributed by atoms with E-state index in [1.165, 1.54) is 43.6 Å². The van der Waals surface area contributed by atoms with Crippen LogP contribution in [0.5, 0.6) is 5.75 Å². The van der Waals surface area contributed by atoms with Crippen molar-refractivity contribution >= 4 is 17.6 Å². The molecular weight excluding hydrogens is 303 g/mol. The number of pyridine rings is 1. The van der Waals surface area contributed by atoms with E-state index in [1.54, 1.807) is 6.92 Å². The molecule has 120 valence electrons. The van der Waals surface area contributed by atoms with E-state index in [-0.39, 0.29) is 17.0 Å². The molecule has 0 unspecified atom stereocenters. The molecule has 1 aromatic carbocycles. The van der Waals surface area contributed by atoms with Gasteiger partial charge in [0.15, 0.2) is 0 Å². The number of methoxy groups -OCH3 is 1. The molecule has 0 aliphatic heterocycles. The monoisotopic (exact) mass is 318 g/mol. The molecule has 0 bridgehead atoms. The molecule has 0 atom stereocenters. The van der Waals surface area contributed by atoms with Crippen LogP contribution in [0.3, 0.4) is 0 Å². The fraction of sp³-hybridized carbons (Fsp3) is 0.188. The highest BCUT2D eigenvalue weighted by Crippen LogP contribution is 2.25. The number of halogens is 1. The molecular formula is C16H15FN2O4. The van der Waals surface area contributed by atoms with Gasteiger partial charge < -0.3 is 14.8 Å². The van der Waals surface area contributed by atoms with E-state index in [1.807, 2.05) is 0 Å². The molecule has 1 aromatic heterocycles. The van der Waals surface area contributed by atoms with Crippen molar-refractivity contribution in [3.63, 3.8) is 0 Å². The Labute approximate surface area is 132 Å². The molecule has 0 radical (unpaired) electrons. The first kappa shape index (κ1) is 16.4. The van der Waals surface area contributed by atoms with Gasteiger partial charge in [0.25, 0.3) is 5.91 Å². The van der Waals surface area contributed by atoms with Gasteiger partial charge in [-0.1, -0.05) is 0 Å². The summed E-state index contributed by atoms with van der Waals surface area (Å²) in [5.74, 6) is -1.28. The largest absolute Gasteiger partial charge is 0.492 e. The summed E-state index contributed by atoms with van der Waals surface area (Å²) in [4.78, 5) is 27.4. The molecule has 6 nitrogen and oxygen atoms in total. The zero-order valence-electron chi connectivity index (χ0n) is 12.6. The number of aromatic nitrogens is 1. The Morgan fingerprint density at radius 1 is 1.26 bits per heavy atom. The van der Waals surface area contributed by atoms with E-state index in [9.17, 15) is 14.0 Å². The minimum Gasteiger partial charge on any atom is -0.492 e. The zero-order valence-corrected chi connectivity index (χ0v) is 12.6. The van der Waals surface area contributed by atoms with E-state index in [0.717, 1.165) is 0 Å². The van der Waals surface area contributed by atoms with Gasteiger partial charge in [0.1, 0.15) is 17.3 Å². The van der Waals surface area contributed by atoms with Crippen LogP contribution in [0.1, 0.15) is 27.8 Å². The maximum Gasteiger partial charge on any atom is 0.339 e. The molecule has 2 rings (SSSR count). The number of carbonyl (C=O) groups excluding carboxylic acids is 2. The van der Waals surface area contributed by atoms with Crippen LogP contribution in [-0.4, -0.2) is 30.6 Å². The van der Waals surface area contributed by atoms with Gasteiger partial charge in [0.05, 0.1) is 25.0 Å². The Morgan fingerprint density at radius 3 is 2.65 bits per heavy atom. The minimum atomic E-state index is -0.540. The molecule has 0 saturated carbocycles. The third kappa shape index (κ3) is 4.03. The van der Waals surface area contributed by atoms with E-state index < -0.39 is 17.7 Å². The molecule has 1 amide bonds. The Morgan fingerprint density at radius 2 is 2.04 bits per heavy atom. The Balaban J connectivity index is 2.17. The van der Waals surface area contributed by atoms with Crippen LogP contribution >= 0.6 is 0 Å². The number of rotatable bonds is 5. The quantitative estimate of drug-likeness (QED) is 0.858. The number of carbonyl (C=O) groups is 2. The third-order valence-electron chi connectivity index (χ3n) is 2.91. The van der Waals surface area contributed by atoms with Crippen molar-refractivity contribution in [3.8, 4) is 5.75 Å². The molecule has 23 heavy (non-hydrogen) atoms. The highest BCUT2D eigenvalue weighted by molar-refractivity contribution is 6.04. The van der Waals surface area contributed by atoms with Gasteiger partial charge in [-0.15, -0.1) is 0 Å². The lowest BCUT2D eigenvalue weighted by molar-refractivity contribution is 0.0600. The molecule has 0 saturated heterocycles. The second-order valence-corrected chi connectivity index (χ2v) is 4.45. The number of amides is 1.